The monoisotopic (exact) mass is 131 g/mol. The molecule has 0 aliphatic heterocycles. The van der Waals surface area contributed by atoms with Crippen molar-refractivity contribution in [3.63, 3.8) is 0 Å². The Bertz CT molecular complexity index is 74.5. The molecule has 0 N–H and O–H groups in total. The minimum atomic E-state index is -0.541. The molecule has 0 bridgehead atoms. The van der Waals surface area contributed by atoms with Crippen molar-refractivity contribution in [2.75, 3.05) is 25.7 Å². The lowest BCUT2D eigenvalue weighted by Crippen LogP contribution is -1.93. The van der Waals surface area contributed by atoms with E-state index in [4.69, 9.17) is 0 Å². The maximum Gasteiger partial charge on any atom is 0.0765 e. The zero-order valence-corrected chi connectivity index (χ0v) is 7.04. The summed E-state index contributed by atoms with van der Waals surface area (Å²) in [7, 11) is -0.541. The van der Waals surface area contributed by atoms with E-state index < -0.39 is 7.26 Å². The van der Waals surface area contributed by atoms with Gasteiger partial charge in [-0.1, -0.05) is 12.7 Å². The van der Waals surface area contributed by atoms with Crippen molar-refractivity contribution in [1.29, 1.82) is 0 Å². The quantitative estimate of drug-likeness (QED) is 0.407. The molecular weight excluding hydrogens is 115 g/mol. The van der Waals surface area contributed by atoms with Gasteiger partial charge in [0.1, 0.15) is 0 Å². The Labute approximate surface area is 53.3 Å². The summed E-state index contributed by atoms with van der Waals surface area (Å²) in [5.74, 6) is 0. The lowest BCUT2D eigenvalue weighted by molar-refractivity contribution is 1.44. The largest absolute Gasteiger partial charge is 0.0995 e. The average Bonchev–Trinajstić information content (AvgIpc) is 1.67. The molecule has 0 saturated carbocycles. The fourth-order valence-corrected chi connectivity index (χ4v) is 1.44. The highest BCUT2D eigenvalue weighted by atomic mass is 31.2. The fourth-order valence-electron chi connectivity index (χ4n) is 0.479. The van der Waals surface area contributed by atoms with E-state index in [1.807, 2.05) is 6.08 Å². The molecule has 0 unspecified atom stereocenters. The Morgan fingerprint density at radius 1 is 1.50 bits per heavy atom. The van der Waals surface area contributed by atoms with Gasteiger partial charge < -0.3 is 0 Å². The highest BCUT2D eigenvalue weighted by Crippen LogP contribution is 2.50. The van der Waals surface area contributed by atoms with E-state index in [0.717, 1.165) is 0 Å². The topological polar surface area (TPSA) is 0 Å². The molecule has 0 heterocycles. The molecule has 0 saturated heterocycles. The molecule has 0 fully saturated rings. The second-order valence-electron chi connectivity index (χ2n) is 2.72. The molecule has 1 heteroatoms. The van der Waals surface area contributed by atoms with Crippen LogP contribution >= 0.6 is 7.26 Å². The van der Waals surface area contributed by atoms with Crippen LogP contribution in [0.25, 0.3) is 0 Å². The number of hydrogen-bond donors (Lipinski definition) is 0. The summed E-state index contributed by atoms with van der Waals surface area (Å²) >= 11 is 0. The van der Waals surface area contributed by atoms with Crippen LogP contribution in [0.4, 0.5) is 0 Å². The van der Waals surface area contributed by atoms with Crippen molar-refractivity contribution in [3.8, 4) is 0 Å². The van der Waals surface area contributed by atoms with Gasteiger partial charge in [0, 0.05) is 20.6 Å². The van der Waals surface area contributed by atoms with E-state index in [0.29, 0.717) is 0 Å². The second kappa shape index (κ2) is 3.25. The van der Waals surface area contributed by atoms with Gasteiger partial charge >= 0.3 is 0 Å². The first-order chi connectivity index (χ1) is 3.62. The Balaban J connectivity index is 3.53. The highest BCUT2D eigenvalue weighted by Gasteiger charge is 2.18. The third-order valence-electron chi connectivity index (χ3n) is 1.48. The molecule has 48 valence electrons. The molecule has 0 aromatic heterocycles. The third-order valence-corrected chi connectivity index (χ3v) is 4.44. The van der Waals surface area contributed by atoms with E-state index >= 15 is 0 Å². The van der Waals surface area contributed by atoms with Crippen LogP contribution in [0.3, 0.4) is 0 Å². The van der Waals surface area contributed by atoms with Gasteiger partial charge in [-0.05, 0) is 6.92 Å². The second-order valence-corrected chi connectivity index (χ2v) is 7.59. The zero-order valence-electron chi connectivity index (χ0n) is 6.15. The summed E-state index contributed by atoms with van der Waals surface area (Å²) in [6, 6.07) is 0. The van der Waals surface area contributed by atoms with Crippen LogP contribution in [0.2, 0.25) is 0 Å². The summed E-state index contributed by atoms with van der Waals surface area (Å²) < 4.78 is 0. The highest BCUT2D eigenvalue weighted by molar-refractivity contribution is 7.74. The molecule has 0 rings (SSSR count). The summed E-state index contributed by atoms with van der Waals surface area (Å²) in [4.78, 5) is 0. The van der Waals surface area contributed by atoms with Gasteiger partial charge in [0.05, 0.1) is 12.3 Å². The first-order valence-electron chi connectivity index (χ1n) is 3.05. The zero-order chi connectivity index (χ0) is 6.62. The van der Waals surface area contributed by atoms with Crippen molar-refractivity contribution >= 4 is 7.26 Å². The molecule has 0 radical (unpaired) electrons. The molecule has 0 atom stereocenters. The van der Waals surface area contributed by atoms with Gasteiger partial charge in [0.15, 0.2) is 0 Å². The molecule has 0 aromatic carbocycles. The SMILES string of the molecule is C=CC[P+](C)(C)CC. The van der Waals surface area contributed by atoms with Gasteiger partial charge in [-0.3, -0.25) is 0 Å². The molecule has 0 aliphatic rings. The minimum Gasteiger partial charge on any atom is -0.0995 e. The van der Waals surface area contributed by atoms with Gasteiger partial charge in [0.2, 0.25) is 0 Å². The molecule has 0 aliphatic carbocycles. The minimum absolute atomic E-state index is 0.541. The fraction of sp³-hybridized carbons (Fsp3) is 0.714. The van der Waals surface area contributed by atoms with Crippen LogP contribution in [-0.2, 0) is 0 Å². The Hall–Kier alpha value is 0.170. The molecule has 0 nitrogen and oxygen atoms in total. The van der Waals surface area contributed by atoms with Crippen molar-refractivity contribution < 1.29 is 0 Å². The van der Waals surface area contributed by atoms with Crippen molar-refractivity contribution in [3.05, 3.63) is 12.7 Å². The lowest BCUT2D eigenvalue weighted by Gasteiger charge is -2.11. The molecular formula is C7H16P+. The standard InChI is InChI=1S/C7H16P/c1-5-7-8(3,4)6-2/h5H,1,6-7H2,2-4H3/q+1. The van der Waals surface area contributed by atoms with Gasteiger partial charge in [-0.15, -0.1) is 0 Å². The summed E-state index contributed by atoms with van der Waals surface area (Å²) in [5.41, 5.74) is 0. The van der Waals surface area contributed by atoms with Crippen molar-refractivity contribution in [1.82, 2.24) is 0 Å². The van der Waals surface area contributed by atoms with Crippen LogP contribution in [0.5, 0.6) is 0 Å². The van der Waals surface area contributed by atoms with E-state index in [-0.39, 0.29) is 0 Å². The molecule has 8 heavy (non-hydrogen) atoms. The van der Waals surface area contributed by atoms with E-state index in [1.165, 1.54) is 12.3 Å². The smallest absolute Gasteiger partial charge is 0.0765 e. The van der Waals surface area contributed by atoms with Crippen molar-refractivity contribution in [2.24, 2.45) is 0 Å². The van der Waals surface area contributed by atoms with Crippen molar-refractivity contribution in [2.45, 2.75) is 6.92 Å². The van der Waals surface area contributed by atoms with E-state index in [2.05, 4.69) is 26.8 Å². The van der Waals surface area contributed by atoms with Gasteiger partial charge in [-0.2, -0.15) is 0 Å². The van der Waals surface area contributed by atoms with E-state index in [1.54, 1.807) is 0 Å². The number of allylic oxidation sites excluding steroid dienone is 1. The summed E-state index contributed by atoms with van der Waals surface area (Å²) in [6.45, 7) is 10.7. The van der Waals surface area contributed by atoms with E-state index in [9.17, 15) is 0 Å². The Morgan fingerprint density at radius 3 is 2.12 bits per heavy atom. The molecule has 0 spiro atoms. The van der Waals surface area contributed by atoms with Gasteiger partial charge in [0.25, 0.3) is 0 Å². The Morgan fingerprint density at radius 2 is 2.00 bits per heavy atom. The molecule has 0 aromatic rings. The molecule has 0 amide bonds. The maximum absolute atomic E-state index is 3.72. The summed E-state index contributed by atoms with van der Waals surface area (Å²) in [6.07, 6.45) is 4.62. The van der Waals surface area contributed by atoms with Crippen LogP contribution in [0.1, 0.15) is 6.92 Å². The van der Waals surface area contributed by atoms with Crippen LogP contribution in [0.15, 0.2) is 12.7 Å². The summed E-state index contributed by atoms with van der Waals surface area (Å²) in [5, 5.41) is 0. The number of rotatable bonds is 3. The maximum atomic E-state index is 3.72. The first kappa shape index (κ1) is 8.17. The third kappa shape index (κ3) is 3.21. The number of hydrogen-bond acceptors (Lipinski definition) is 0. The predicted octanol–water partition coefficient (Wildman–Crippen LogP) is 2.47. The van der Waals surface area contributed by atoms with Crippen LogP contribution < -0.4 is 0 Å². The predicted molar refractivity (Wildman–Crippen MR) is 44.4 cm³/mol. The van der Waals surface area contributed by atoms with Gasteiger partial charge in [-0.25, -0.2) is 0 Å². The normalized spacial score (nSPS) is 11.4. The average molecular weight is 131 g/mol. The van der Waals surface area contributed by atoms with Crippen LogP contribution in [0, 0.1) is 0 Å². The first-order valence-corrected chi connectivity index (χ1v) is 6.10. The van der Waals surface area contributed by atoms with Crippen LogP contribution in [-0.4, -0.2) is 25.7 Å². The lowest BCUT2D eigenvalue weighted by atomic mass is 10.8. The Kier molecular flexibility index (Phi) is 3.31.